The van der Waals surface area contributed by atoms with Gasteiger partial charge in [0, 0.05) is 11.6 Å². The number of hydrogen-bond acceptors (Lipinski definition) is 2. The Morgan fingerprint density at radius 2 is 1.64 bits per heavy atom. The fraction of sp³-hybridized carbons (Fsp3) is 0.333. The quantitative estimate of drug-likeness (QED) is 0.805. The number of para-hydroxylation sites is 1. The predicted octanol–water partition coefficient (Wildman–Crippen LogP) is 4.18. The summed E-state index contributed by atoms with van der Waals surface area (Å²) in [6.07, 6.45) is -3.81. The lowest BCUT2D eigenvalue weighted by Crippen LogP contribution is -2.34. The Kier molecular flexibility index (Phi) is 5.45. The number of carbonyl (C=O) groups excluding carboxylic acids is 2. The largest absolute Gasteiger partial charge is 0.416 e. The summed E-state index contributed by atoms with van der Waals surface area (Å²) in [4.78, 5) is 24.3. The van der Waals surface area contributed by atoms with Crippen LogP contribution in [0.4, 0.5) is 18.9 Å². The third kappa shape index (κ3) is 4.52. The summed E-state index contributed by atoms with van der Waals surface area (Å²) in [6, 6.07) is 10.6. The molecule has 1 aliphatic rings. The van der Waals surface area contributed by atoms with E-state index in [9.17, 15) is 22.8 Å². The summed E-state index contributed by atoms with van der Waals surface area (Å²) in [6.45, 7) is 3.63. The molecule has 2 aromatic rings. The third-order valence-corrected chi connectivity index (χ3v) is 4.96. The molecule has 1 aliphatic carbocycles. The molecule has 0 heterocycles. The third-order valence-electron chi connectivity index (χ3n) is 4.96. The van der Waals surface area contributed by atoms with Crippen LogP contribution in [0.25, 0.3) is 0 Å². The van der Waals surface area contributed by atoms with Crippen molar-refractivity contribution in [2.75, 3.05) is 11.9 Å². The van der Waals surface area contributed by atoms with Crippen LogP contribution in [0.3, 0.4) is 0 Å². The van der Waals surface area contributed by atoms with Crippen molar-refractivity contribution in [3.63, 3.8) is 0 Å². The van der Waals surface area contributed by atoms with Crippen molar-refractivity contribution in [2.24, 2.45) is 5.92 Å². The monoisotopic (exact) mass is 390 g/mol. The second-order valence-electron chi connectivity index (χ2n) is 7.10. The lowest BCUT2D eigenvalue weighted by atomic mass is 10.1. The second-order valence-corrected chi connectivity index (χ2v) is 7.10. The van der Waals surface area contributed by atoms with Crippen molar-refractivity contribution in [1.82, 2.24) is 5.32 Å². The van der Waals surface area contributed by atoms with Gasteiger partial charge in [0.05, 0.1) is 12.1 Å². The molecular formula is C21H21F3N2O2. The second kappa shape index (κ2) is 7.66. The summed E-state index contributed by atoms with van der Waals surface area (Å²) >= 11 is 0. The van der Waals surface area contributed by atoms with Crippen LogP contribution in [0.5, 0.6) is 0 Å². The number of amides is 2. The van der Waals surface area contributed by atoms with Crippen LogP contribution in [-0.4, -0.2) is 18.4 Å². The van der Waals surface area contributed by atoms with E-state index >= 15 is 0 Å². The first-order valence-corrected chi connectivity index (χ1v) is 8.97. The fourth-order valence-electron chi connectivity index (χ4n) is 3.27. The fourth-order valence-corrected chi connectivity index (χ4v) is 3.27. The molecular weight excluding hydrogens is 369 g/mol. The molecule has 4 nitrogen and oxygen atoms in total. The molecule has 2 atom stereocenters. The minimum absolute atomic E-state index is 0.107. The van der Waals surface area contributed by atoms with Crippen molar-refractivity contribution in [3.05, 3.63) is 64.7 Å². The Hall–Kier alpha value is -2.83. The lowest BCUT2D eigenvalue weighted by Gasteiger charge is -2.12. The molecule has 2 aromatic carbocycles. The Labute approximate surface area is 161 Å². The highest BCUT2D eigenvalue weighted by atomic mass is 19.4. The van der Waals surface area contributed by atoms with Gasteiger partial charge in [0.2, 0.25) is 11.8 Å². The molecule has 0 radical (unpaired) electrons. The maximum absolute atomic E-state index is 12.6. The number of halogens is 3. The average Bonchev–Trinajstić information content (AvgIpc) is 3.43. The van der Waals surface area contributed by atoms with E-state index in [1.807, 2.05) is 32.0 Å². The van der Waals surface area contributed by atoms with E-state index in [0.29, 0.717) is 12.0 Å². The van der Waals surface area contributed by atoms with Crippen LogP contribution in [0.2, 0.25) is 0 Å². The van der Waals surface area contributed by atoms with Crippen LogP contribution < -0.4 is 10.6 Å². The number of alkyl halides is 3. The number of rotatable bonds is 5. The Bertz CT molecular complexity index is 871. The van der Waals surface area contributed by atoms with Crippen molar-refractivity contribution >= 4 is 17.5 Å². The number of benzene rings is 2. The standard InChI is InChI=1S/C21H21F3N2O2/c1-12-4-3-5-13(2)19(12)26-18(27)11-25-20(28)17-10-16(17)14-6-8-15(9-7-14)21(22,23)24/h3-9,16-17H,10-11H2,1-2H3,(H,25,28)(H,26,27). The van der Waals surface area contributed by atoms with Crippen LogP contribution in [-0.2, 0) is 15.8 Å². The van der Waals surface area contributed by atoms with Crippen molar-refractivity contribution in [1.29, 1.82) is 0 Å². The van der Waals surface area contributed by atoms with Gasteiger partial charge >= 0.3 is 6.18 Å². The molecule has 1 fully saturated rings. The molecule has 0 saturated heterocycles. The van der Waals surface area contributed by atoms with Gasteiger partial charge in [-0.15, -0.1) is 0 Å². The Morgan fingerprint density at radius 1 is 1.04 bits per heavy atom. The number of hydrogen-bond donors (Lipinski definition) is 2. The van der Waals surface area contributed by atoms with Gasteiger partial charge < -0.3 is 10.6 Å². The van der Waals surface area contributed by atoms with E-state index in [-0.39, 0.29) is 30.2 Å². The van der Waals surface area contributed by atoms with E-state index in [1.165, 1.54) is 12.1 Å². The zero-order chi connectivity index (χ0) is 20.5. The minimum atomic E-state index is -4.37. The van der Waals surface area contributed by atoms with E-state index in [0.717, 1.165) is 28.9 Å². The van der Waals surface area contributed by atoms with Gasteiger partial charge in [-0.3, -0.25) is 9.59 Å². The van der Waals surface area contributed by atoms with Crippen LogP contribution in [0.1, 0.15) is 34.6 Å². The average molecular weight is 390 g/mol. The van der Waals surface area contributed by atoms with Crippen LogP contribution in [0, 0.1) is 19.8 Å². The molecule has 148 valence electrons. The smallest absolute Gasteiger partial charge is 0.347 e. The summed E-state index contributed by atoms with van der Waals surface area (Å²) in [5, 5.41) is 5.40. The van der Waals surface area contributed by atoms with Crippen molar-refractivity contribution < 1.29 is 22.8 Å². The van der Waals surface area contributed by atoms with E-state index in [2.05, 4.69) is 10.6 Å². The van der Waals surface area contributed by atoms with Gasteiger partial charge in [0.25, 0.3) is 0 Å². The molecule has 1 saturated carbocycles. The van der Waals surface area contributed by atoms with Gasteiger partial charge in [0.15, 0.2) is 0 Å². The molecule has 7 heteroatoms. The molecule has 0 spiro atoms. The normalized spacial score (nSPS) is 18.5. The first-order valence-electron chi connectivity index (χ1n) is 8.97. The predicted molar refractivity (Wildman–Crippen MR) is 99.8 cm³/mol. The molecule has 0 bridgehead atoms. The Morgan fingerprint density at radius 3 is 2.21 bits per heavy atom. The summed E-state index contributed by atoms with van der Waals surface area (Å²) < 4.78 is 37.9. The van der Waals surface area contributed by atoms with Gasteiger partial charge in [-0.2, -0.15) is 13.2 Å². The maximum atomic E-state index is 12.6. The van der Waals surface area contributed by atoms with Crippen LogP contribution >= 0.6 is 0 Å². The summed E-state index contributed by atoms with van der Waals surface area (Å²) in [5.74, 6) is -1.01. The van der Waals surface area contributed by atoms with Crippen molar-refractivity contribution in [3.8, 4) is 0 Å². The summed E-state index contributed by atoms with van der Waals surface area (Å²) in [7, 11) is 0. The Balaban J connectivity index is 1.50. The summed E-state index contributed by atoms with van der Waals surface area (Å²) in [5.41, 5.74) is 2.60. The number of nitrogens with one attached hydrogen (secondary N) is 2. The van der Waals surface area contributed by atoms with Gasteiger partial charge in [0.1, 0.15) is 0 Å². The SMILES string of the molecule is Cc1cccc(C)c1NC(=O)CNC(=O)C1CC1c1ccc(C(F)(F)F)cc1. The first kappa shape index (κ1) is 19.9. The highest BCUT2D eigenvalue weighted by Gasteiger charge is 2.44. The van der Waals surface area contributed by atoms with Gasteiger partial charge in [-0.05, 0) is 55.0 Å². The van der Waals surface area contributed by atoms with Crippen LogP contribution in [0.15, 0.2) is 42.5 Å². The molecule has 2 N–H and O–H groups in total. The highest BCUT2D eigenvalue weighted by molar-refractivity contribution is 5.96. The molecule has 0 aromatic heterocycles. The van der Waals surface area contributed by atoms with E-state index in [1.54, 1.807) is 0 Å². The number of anilines is 1. The number of carbonyl (C=O) groups is 2. The molecule has 2 unspecified atom stereocenters. The van der Waals surface area contributed by atoms with E-state index in [4.69, 9.17) is 0 Å². The molecule has 28 heavy (non-hydrogen) atoms. The topological polar surface area (TPSA) is 58.2 Å². The van der Waals surface area contributed by atoms with Crippen molar-refractivity contribution in [2.45, 2.75) is 32.4 Å². The van der Waals surface area contributed by atoms with Gasteiger partial charge in [-0.25, -0.2) is 0 Å². The minimum Gasteiger partial charge on any atom is -0.347 e. The lowest BCUT2D eigenvalue weighted by molar-refractivity contribution is -0.137. The molecule has 0 aliphatic heterocycles. The zero-order valence-electron chi connectivity index (χ0n) is 15.6. The van der Waals surface area contributed by atoms with E-state index < -0.39 is 11.7 Å². The molecule has 2 amide bonds. The molecule has 3 rings (SSSR count). The maximum Gasteiger partial charge on any atom is 0.416 e. The first-order chi connectivity index (χ1) is 13.2. The highest BCUT2D eigenvalue weighted by Crippen LogP contribution is 2.47. The number of aryl methyl sites for hydroxylation is 2. The zero-order valence-corrected chi connectivity index (χ0v) is 15.6. The van der Waals surface area contributed by atoms with Gasteiger partial charge in [-0.1, -0.05) is 30.3 Å².